The highest BCUT2D eigenvalue weighted by Crippen LogP contribution is 2.39. The Kier molecular flexibility index (Phi) is 10.6. The predicted octanol–water partition coefficient (Wildman–Crippen LogP) is -4.45. The lowest BCUT2D eigenvalue weighted by Gasteiger charge is -2.19. The van der Waals surface area contributed by atoms with Crippen molar-refractivity contribution in [3.63, 3.8) is 0 Å². The van der Waals surface area contributed by atoms with Gasteiger partial charge in [0.25, 0.3) is 5.91 Å². The third-order valence-corrected chi connectivity index (χ3v) is 5.66. The third-order valence-electron chi connectivity index (χ3n) is 4.69. The van der Waals surface area contributed by atoms with Crippen LogP contribution < -0.4 is 11.1 Å². The van der Waals surface area contributed by atoms with Gasteiger partial charge in [-0.1, -0.05) is 0 Å². The molecule has 1 aromatic heterocycles. The van der Waals surface area contributed by atoms with Gasteiger partial charge >= 0.3 is 15.6 Å². The van der Waals surface area contributed by atoms with Crippen molar-refractivity contribution in [1.82, 2.24) is 9.55 Å². The van der Waals surface area contributed by atoms with E-state index in [4.69, 9.17) is 30.0 Å². The van der Waals surface area contributed by atoms with Crippen molar-refractivity contribution in [2.45, 2.75) is 36.7 Å². The highest BCUT2D eigenvalue weighted by atomic mass is 31.2. The maximum atomic E-state index is 11.9. The Morgan fingerprint density at radius 2 is 1.81 bits per heavy atom. The van der Waals surface area contributed by atoms with E-state index in [1.807, 2.05) is 0 Å². The molecule has 0 saturated carbocycles. The zero-order valence-electron chi connectivity index (χ0n) is 18.5. The number of ketones is 1. The van der Waals surface area contributed by atoms with Gasteiger partial charge in [0.05, 0.1) is 25.9 Å². The lowest BCUT2D eigenvalue weighted by Crippen LogP contribution is -2.38. The number of amides is 1. The fraction of sp³-hybridized carbons (Fsp3) is 0.600. The van der Waals surface area contributed by atoms with E-state index in [1.165, 1.54) is 0 Å². The predicted molar refractivity (Wildman–Crippen MR) is 117 cm³/mol. The highest BCUT2D eigenvalue weighted by Gasteiger charge is 2.45. The van der Waals surface area contributed by atoms with E-state index in [1.54, 1.807) is 0 Å². The van der Waals surface area contributed by atoms with Crippen LogP contribution in [-0.4, -0.2) is 118 Å². The van der Waals surface area contributed by atoms with Gasteiger partial charge in [-0.2, -0.15) is 0 Å². The Balaban J connectivity index is 2.09. The van der Waals surface area contributed by atoms with Crippen LogP contribution in [0.4, 0.5) is 5.82 Å². The summed E-state index contributed by atoms with van der Waals surface area (Å²) in [5.41, 5.74) is 4.85. The molecule has 1 unspecified atom stereocenters. The average molecular weight is 577 g/mol. The number of hydrogen-bond donors (Lipinski definition) is 10. The van der Waals surface area contributed by atoms with Crippen molar-refractivity contribution in [2.75, 3.05) is 25.1 Å². The fourth-order valence-electron chi connectivity index (χ4n) is 2.96. The zero-order chi connectivity index (χ0) is 28.1. The van der Waals surface area contributed by atoms with E-state index < -0.39 is 89.5 Å². The standard InChI is InChI=1S/C15H25N5O15P2/c16-13(26)9-14(18-4-17-1-6(21)10(23)7(22)2-33-36(27,28)29)20(5-19-9)15-12(25)11(24)8(35-15)3-34-37(30,31)32/h4-5,7-8,10-12,15,22-25H,1-3H2,(H2,16,26)(H,17,18)(H2,27,28,29)(H2,30,31,32)/t7-,8-,10+,11-,12-,15?/m1/s1. The summed E-state index contributed by atoms with van der Waals surface area (Å²) in [5.74, 6) is -2.37. The maximum absolute atomic E-state index is 11.9. The van der Waals surface area contributed by atoms with Crippen LogP contribution in [0.2, 0.25) is 0 Å². The summed E-state index contributed by atoms with van der Waals surface area (Å²) in [5, 5.41) is 42.2. The van der Waals surface area contributed by atoms with Crippen molar-refractivity contribution in [2.24, 2.45) is 10.7 Å². The lowest BCUT2D eigenvalue weighted by molar-refractivity contribution is -0.132. The Morgan fingerprint density at radius 3 is 2.38 bits per heavy atom. The topological polar surface area (TPSA) is 326 Å². The summed E-state index contributed by atoms with van der Waals surface area (Å²) in [4.78, 5) is 65.8. The maximum Gasteiger partial charge on any atom is 0.469 e. The lowest BCUT2D eigenvalue weighted by atomic mass is 10.1. The molecule has 1 aliphatic heterocycles. The number of hydrogen-bond acceptors (Lipinski definition) is 13. The number of aliphatic hydroxyl groups excluding tert-OH is 4. The first-order chi connectivity index (χ1) is 17.0. The second-order valence-corrected chi connectivity index (χ2v) is 9.90. The molecule has 6 atom stereocenters. The number of aliphatic hydroxyl groups is 4. The van der Waals surface area contributed by atoms with Gasteiger partial charge in [0.2, 0.25) is 0 Å². The molecule has 1 amide bonds. The molecule has 1 aliphatic rings. The van der Waals surface area contributed by atoms with Gasteiger partial charge in [0.15, 0.2) is 17.7 Å². The van der Waals surface area contributed by atoms with Gasteiger partial charge in [-0.15, -0.1) is 0 Å². The number of primary amides is 1. The van der Waals surface area contributed by atoms with Crippen molar-refractivity contribution in [1.29, 1.82) is 0 Å². The summed E-state index contributed by atoms with van der Waals surface area (Å²) in [6.45, 7) is -2.60. The fourth-order valence-corrected chi connectivity index (χ4v) is 3.65. The molecule has 1 aromatic rings. The molecule has 1 fully saturated rings. The van der Waals surface area contributed by atoms with E-state index in [9.17, 15) is 39.1 Å². The molecular formula is C15H25N5O15P2. The van der Waals surface area contributed by atoms with E-state index >= 15 is 0 Å². The van der Waals surface area contributed by atoms with Crippen LogP contribution in [0.1, 0.15) is 16.7 Å². The van der Waals surface area contributed by atoms with Crippen LogP contribution in [-0.2, 0) is 27.7 Å². The third kappa shape index (κ3) is 8.97. The largest absolute Gasteiger partial charge is 0.469 e. The average Bonchev–Trinajstić information content (AvgIpc) is 3.33. The van der Waals surface area contributed by atoms with Crippen molar-refractivity contribution < 1.29 is 72.5 Å². The quantitative estimate of drug-likeness (QED) is 0.0566. The van der Waals surface area contributed by atoms with E-state index in [-0.39, 0.29) is 5.82 Å². The van der Waals surface area contributed by atoms with E-state index in [0.717, 1.165) is 17.2 Å². The summed E-state index contributed by atoms with van der Waals surface area (Å²) < 4.78 is 36.2. The molecule has 2 heterocycles. The normalized spacial score (nSPS) is 24.3. The molecule has 0 aliphatic carbocycles. The molecule has 210 valence electrons. The number of nitrogens with zero attached hydrogens (tertiary/aromatic N) is 3. The van der Waals surface area contributed by atoms with Gasteiger partial charge in [-0.25, -0.2) is 14.1 Å². The van der Waals surface area contributed by atoms with Crippen LogP contribution in [0.15, 0.2) is 11.3 Å². The number of imidazole rings is 1. The Morgan fingerprint density at radius 1 is 1.19 bits per heavy atom. The molecule has 0 aromatic carbocycles. The van der Waals surface area contributed by atoms with Gasteiger partial charge in [0, 0.05) is 0 Å². The van der Waals surface area contributed by atoms with Crippen LogP contribution in [0.3, 0.4) is 0 Å². The first-order valence-electron chi connectivity index (χ1n) is 9.94. The minimum Gasteiger partial charge on any atom is -0.388 e. The number of carbonyl (C=O) groups is 2. The van der Waals surface area contributed by atoms with Gasteiger partial charge in [-0.3, -0.25) is 28.2 Å². The number of Topliss-reactive ketones (excluding diaryl/α,β-unsaturated/α-hetero) is 1. The summed E-state index contributed by atoms with van der Waals surface area (Å²) in [6.07, 6.45) is -8.46. The summed E-state index contributed by atoms with van der Waals surface area (Å²) >= 11 is 0. The van der Waals surface area contributed by atoms with E-state index in [2.05, 4.69) is 24.3 Å². The number of ether oxygens (including phenoxy) is 1. The number of aromatic nitrogens is 2. The minimum absolute atomic E-state index is 0.243. The Labute approximate surface area is 206 Å². The molecule has 0 bridgehead atoms. The number of phosphoric ester groups is 2. The minimum atomic E-state index is -4.95. The molecule has 22 heteroatoms. The van der Waals surface area contributed by atoms with Crippen LogP contribution >= 0.6 is 15.6 Å². The number of aliphatic imine (C=N–C) groups is 1. The summed E-state index contributed by atoms with van der Waals surface area (Å²) in [7, 11) is -9.86. The molecule has 0 spiro atoms. The molecule has 37 heavy (non-hydrogen) atoms. The van der Waals surface area contributed by atoms with Crippen molar-refractivity contribution >= 4 is 39.5 Å². The number of carbonyl (C=O) groups excluding carboxylic acids is 2. The SMILES string of the molecule is NC(=O)c1ncn(C2O[C@H](COP(=O)(O)O)[C@@H](O)[C@H]2O)c1NC=NCC(=O)[C@H](O)[C@H](O)COP(=O)(O)O. The first kappa shape index (κ1) is 31.1. The Bertz CT molecular complexity index is 1090. The van der Waals surface area contributed by atoms with Gasteiger partial charge in [0.1, 0.15) is 42.9 Å². The second kappa shape index (κ2) is 12.6. The molecule has 20 nitrogen and oxygen atoms in total. The first-order valence-corrected chi connectivity index (χ1v) is 13.0. The van der Waals surface area contributed by atoms with Gasteiger partial charge < -0.3 is 55.8 Å². The van der Waals surface area contributed by atoms with Crippen LogP contribution in [0, 0.1) is 0 Å². The van der Waals surface area contributed by atoms with E-state index in [0.29, 0.717) is 0 Å². The highest BCUT2D eigenvalue weighted by molar-refractivity contribution is 7.46. The number of nitrogens with two attached hydrogens (primary N) is 1. The number of phosphoric acid groups is 2. The number of nitrogens with one attached hydrogen (secondary N) is 1. The molecule has 1 saturated heterocycles. The smallest absolute Gasteiger partial charge is 0.388 e. The molecular weight excluding hydrogens is 552 g/mol. The van der Waals surface area contributed by atoms with Crippen LogP contribution in [0.25, 0.3) is 0 Å². The van der Waals surface area contributed by atoms with Crippen molar-refractivity contribution in [3.8, 4) is 0 Å². The number of anilines is 1. The molecule has 2 rings (SSSR count). The monoisotopic (exact) mass is 577 g/mol. The Hall–Kier alpha value is -2.16. The summed E-state index contributed by atoms with van der Waals surface area (Å²) in [6, 6.07) is 0. The van der Waals surface area contributed by atoms with Crippen molar-refractivity contribution in [3.05, 3.63) is 12.0 Å². The second-order valence-electron chi connectivity index (χ2n) is 7.42. The van der Waals surface area contributed by atoms with Gasteiger partial charge in [-0.05, 0) is 0 Å². The van der Waals surface area contributed by atoms with Crippen LogP contribution in [0.5, 0.6) is 0 Å². The molecule has 11 N–H and O–H groups in total. The molecule has 0 radical (unpaired) electrons. The number of rotatable bonds is 14. The zero-order valence-corrected chi connectivity index (χ0v) is 20.3.